The van der Waals surface area contributed by atoms with Gasteiger partial charge in [0.05, 0.1) is 0 Å². The van der Waals surface area contributed by atoms with E-state index in [1.54, 1.807) is 0 Å². The third-order valence-corrected chi connectivity index (χ3v) is 16.8. The first kappa shape index (κ1) is 49.9. The van der Waals surface area contributed by atoms with Gasteiger partial charge in [0.25, 0.3) is 0 Å². The van der Waals surface area contributed by atoms with Crippen molar-refractivity contribution >= 4 is 41.0 Å². The molecular formula is C53H88N8O4. The number of rotatable bonds is 25. The molecule has 1 aromatic rings. The monoisotopic (exact) mass is 901 g/mol. The van der Waals surface area contributed by atoms with Crippen molar-refractivity contribution in [1.82, 2.24) is 24.8 Å². The molecule has 0 aromatic carbocycles. The first-order chi connectivity index (χ1) is 31.8. The van der Waals surface area contributed by atoms with Gasteiger partial charge in [0.15, 0.2) is 0 Å². The van der Waals surface area contributed by atoms with Gasteiger partial charge >= 0.3 is 0 Å². The van der Waals surface area contributed by atoms with Crippen molar-refractivity contribution < 1.29 is 19.2 Å². The highest BCUT2D eigenvalue weighted by molar-refractivity contribution is 6.01. The molecule has 0 amide bonds. The molecule has 364 valence electrons. The highest BCUT2D eigenvalue weighted by Crippen LogP contribution is 2.48. The molecule has 6 aliphatic carbocycles. The summed E-state index contributed by atoms with van der Waals surface area (Å²) in [6, 6.07) is -0.471. The van der Waals surface area contributed by atoms with E-state index in [0.29, 0.717) is 29.4 Å². The Morgan fingerprint density at radius 1 is 0.400 bits per heavy atom. The molecule has 2 N–H and O–H groups in total. The lowest BCUT2D eigenvalue weighted by atomic mass is 9.57. The number of carbonyl (C=O) groups excluding carboxylic acids is 4. The molecule has 65 heavy (non-hydrogen) atoms. The number of hydrogen-bond acceptors (Lipinski definition) is 12. The number of carbonyl (C=O) groups is 4. The molecule has 0 spiro atoms. The summed E-state index contributed by atoms with van der Waals surface area (Å²) < 4.78 is 0. The van der Waals surface area contributed by atoms with E-state index in [4.69, 9.17) is 15.0 Å². The molecule has 10 atom stereocenters. The van der Waals surface area contributed by atoms with Gasteiger partial charge in [-0.1, -0.05) is 91.9 Å². The molecule has 0 aliphatic heterocycles. The number of fused-ring (bicyclic) bond motifs is 4. The summed E-state index contributed by atoms with van der Waals surface area (Å²) in [7, 11) is 0. The average Bonchev–Trinajstić information content (AvgIpc) is 3.33. The molecule has 1 heterocycles. The summed E-state index contributed by atoms with van der Waals surface area (Å²) in [6.45, 7) is 17.2. The molecule has 12 nitrogen and oxygen atoms in total. The van der Waals surface area contributed by atoms with Gasteiger partial charge in [-0.2, -0.15) is 15.0 Å². The highest BCUT2D eigenvalue weighted by Gasteiger charge is 2.55. The Kier molecular flexibility index (Phi) is 19.1. The lowest BCUT2D eigenvalue weighted by molar-refractivity contribution is -0.151. The number of ketones is 4. The van der Waals surface area contributed by atoms with E-state index in [2.05, 4.69) is 53.0 Å². The molecule has 7 rings (SSSR count). The average molecular weight is 901 g/mol. The maximum atomic E-state index is 14.4. The van der Waals surface area contributed by atoms with E-state index >= 15 is 0 Å². The summed E-state index contributed by atoms with van der Waals surface area (Å²) >= 11 is 0. The zero-order valence-electron chi connectivity index (χ0n) is 41.2. The van der Waals surface area contributed by atoms with E-state index in [0.717, 1.165) is 155 Å². The normalized spacial score (nSPS) is 30.2. The maximum absolute atomic E-state index is 14.4. The zero-order chi connectivity index (χ0) is 45.7. The van der Waals surface area contributed by atoms with Gasteiger partial charge in [-0.25, -0.2) is 0 Å². The molecule has 6 saturated carbocycles. The topological polar surface area (TPSA) is 141 Å². The van der Waals surface area contributed by atoms with E-state index in [9.17, 15) is 19.2 Å². The molecule has 0 bridgehead atoms. The van der Waals surface area contributed by atoms with Gasteiger partial charge < -0.3 is 25.3 Å². The molecule has 10 unspecified atom stereocenters. The Morgan fingerprint density at radius 2 is 0.738 bits per heavy atom. The van der Waals surface area contributed by atoms with E-state index in [1.807, 2.05) is 0 Å². The molecule has 6 aliphatic rings. The SMILES string of the molecule is CCCCN(CCCC)CCCN(CCCN(CCCC)CCCC)c1nc(NC2CCCC3C(=O)C4CCCCC4C(=O)C23)nc(NC2CCCC3C(=O)C4CCCCC4C(=O)C23)n1. The number of nitrogens with one attached hydrogen (secondary N) is 2. The molecule has 6 fully saturated rings. The zero-order valence-corrected chi connectivity index (χ0v) is 41.2. The Morgan fingerprint density at radius 3 is 1.11 bits per heavy atom. The molecule has 0 radical (unpaired) electrons. The summed E-state index contributed by atoms with van der Waals surface area (Å²) in [4.78, 5) is 80.1. The van der Waals surface area contributed by atoms with Crippen LogP contribution in [0.1, 0.15) is 182 Å². The Labute approximate surface area is 392 Å². The van der Waals surface area contributed by atoms with Crippen molar-refractivity contribution in [1.29, 1.82) is 0 Å². The standard InChI is InChI=1S/C53H88N8O4/c1-5-9-29-59(30-10-6-2)33-19-35-61(36-20-34-60(31-11-7-3)32-12-8-4)53-57-51(54-43-27-17-25-41-45(43)49(64)39-23-15-13-21-37(39)47(41)62)56-52(58-53)55-44-28-18-26-42-46(44)50(65)40-24-16-14-22-38(40)48(42)63/h37-46H,5-36H2,1-4H3,(H2,54,55,56,57,58). The van der Waals surface area contributed by atoms with Crippen LogP contribution in [-0.2, 0) is 19.2 Å². The Balaban J connectivity index is 1.19. The smallest absolute Gasteiger partial charge is 0.231 e. The third kappa shape index (κ3) is 12.4. The van der Waals surface area contributed by atoms with Crippen LogP contribution in [-0.4, -0.2) is 112 Å². The lowest BCUT2D eigenvalue weighted by Gasteiger charge is -2.46. The Bertz CT molecular complexity index is 1580. The van der Waals surface area contributed by atoms with Gasteiger partial charge in [-0.3, -0.25) is 19.2 Å². The van der Waals surface area contributed by atoms with E-state index in [1.165, 1.54) is 51.4 Å². The number of aromatic nitrogens is 3. The van der Waals surface area contributed by atoms with Crippen LogP contribution in [0.25, 0.3) is 0 Å². The van der Waals surface area contributed by atoms with Gasteiger partial charge in [0, 0.05) is 72.5 Å². The number of hydrogen-bond donors (Lipinski definition) is 2. The fourth-order valence-electron chi connectivity index (χ4n) is 13.3. The van der Waals surface area contributed by atoms with Crippen molar-refractivity contribution in [2.75, 3.05) is 67.9 Å². The summed E-state index contributed by atoms with van der Waals surface area (Å²) in [5.41, 5.74) is 0. The van der Waals surface area contributed by atoms with Crippen LogP contribution in [0.5, 0.6) is 0 Å². The number of Topliss-reactive ketones (excluding diaryl/α,β-unsaturated/α-hetero) is 4. The van der Waals surface area contributed by atoms with Crippen LogP contribution in [0.2, 0.25) is 0 Å². The first-order valence-electron chi connectivity index (χ1n) is 27.4. The van der Waals surface area contributed by atoms with Gasteiger partial charge in [-0.15, -0.1) is 0 Å². The highest BCUT2D eigenvalue weighted by atomic mass is 16.2. The fraction of sp³-hybridized carbons (Fsp3) is 0.868. The van der Waals surface area contributed by atoms with Crippen molar-refractivity contribution in [2.45, 2.75) is 194 Å². The fourth-order valence-corrected chi connectivity index (χ4v) is 13.3. The Hall–Kier alpha value is -2.99. The molecule has 12 heteroatoms. The second kappa shape index (κ2) is 24.9. The summed E-state index contributed by atoms with van der Waals surface area (Å²) in [5.74, 6) is 0.882. The second-order valence-corrected chi connectivity index (χ2v) is 21.3. The minimum Gasteiger partial charge on any atom is -0.351 e. The van der Waals surface area contributed by atoms with E-state index < -0.39 is 0 Å². The predicted octanol–water partition coefficient (Wildman–Crippen LogP) is 9.57. The first-order valence-corrected chi connectivity index (χ1v) is 27.4. The van der Waals surface area contributed by atoms with Crippen LogP contribution < -0.4 is 15.5 Å². The minimum atomic E-state index is -0.369. The van der Waals surface area contributed by atoms with Crippen LogP contribution in [0.4, 0.5) is 17.8 Å². The van der Waals surface area contributed by atoms with Gasteiger partial charge in [0.1, 0.15) is 23.1 Å². The number of anilines is 3. The maximum Gasteiger partial charge on any atom is 0.231 e. The van der Waals surface area contributed by atoms with Gasteiger partial charge in [-0.05, 0) is 129 Å². The third-order valence-electron chi connectivity index (χ3n) is 16.8. The van der Waals surface area contributed by atoms with Crippen LogP contribution >= 0.6 is 0 Å². The van der Waals surface area contributed by atoms with Crippen molar-refractivity contribution in [3.63, 3.8) is 0 Å². The molecular weight excluding hydrogens is 813 g/mol. The quantitative estimate of drug-likeness (QED) is 0.0966. The van der Waals surface area contributed by atoms with Crippen molar-refractivity contribution in [2.24, 2.45) is 47.3 Å². The van der Waals surface area contributed by atoms with Crippen LogP contribution in [0, 0.1) is 47.3 Å². The van der Waals surface area contributed by atoms with E-state index in [-0.39, 0.29) is 71.0 Å². The molecule has 1 aromatic heterocycles. The number of nitrogens with zero attached hydrogens (tertiary/aromatic N) is 6. The summed E-state index contributed by atoms with van der Waals surface area (Å²) in [6.07, 6.45) is 23.8. The summed E-state index contributed by atoms with van der Waals surface area (Å²) in [5, 5.41) is 7.42. The van der Waals surface area contributed by atoms with Crippen molar-refractivity contribution in [3.8, 4) is 0 Å². The molecule has 0 saturated heterocycles. The minimum absolute atomic E-state index is 0.110. The largest absolute Gasteiger partial charge is 0.351 e. The lowest BCUT2D eigenvalue weighted by Crippen LogP contribution is -2.56. The van der Waals surface area contributed by atoms with Crippen LogP contribution in [0.3, 0.4) is 0 Å². The van der Waals surface area contributed by atoms with Crippen molar-refractivity contribution in [3.05, 3.63) is 0 Å². The number of unbranched alkanes of at least 4 members (excludes halogenated alkanes) is 4. The van der Waals surface area contributed by atoms with Crippen LogP contribution in [0.15, 0.2) is 0 Å². The second-order valence-electron chi connectivity index (χ2n) is 21.3. The van der Waals surface area contributed by atoms with Gasteiger partial charge in [0.2, 0.25) is 17.8 Å². The predicted molar refractivity (Wildman–Crippen MR) is 261 cm³/mol.